The largest absolute Gasteiger partial charge is 0.491 e. The van der Waals surface area contributed by atoms with Crippen LogP contribution in [-0.4, -0.2) is 43.6 Å². The highest BCUT2D eigenvalue weighted by Crippen LogP contribution is 2.26. The maximum Gasteiger partial charge on any atom is 0.248 e. The van der Waals surface area contributed by atoms with Crippen LogP contribution >= 0.6 is 0 Å². The van der Waals surface area contributed by atoms with Crippen molar-refractivity contribution in [1.82, 2.24) is 4.90 Å². The Labute approximate surface area is 165 Å². The van der Waals surface area contributed by atoms with Crippen molar-refractivity contribution in [3.05, 3.63) is 59.2 Å². The second-order valence-electron chi connectivity index (χ2n) is 6.98. The molecule has 0 aromatic heterocycles. The molecule has 2 aromatic rings. The third-order valence-corrected chi connectivity index (χ3v) is 4.79. The summed E-state index contributed by atoms with van der Waals surface area (Å²) in [5, 5.41) is 0. The molecule has 148 valence electrons. The summed E-state index contributed by atoms with van der Waals surface area (Å²) in [6, 6.07) is 13.8. The van der Waals surface area contributed by atoms with E-state index in [-0.39, 0.29) is 18.4 Å². The van der Waals surface area contributed by atoms with E-state index in [1.165, 1.54) is 7.11 Å². The SMILES string of the molecule is COCC(=O)N1CCOc2ccc(CN(C(C)=O)c3ccc(C)cc3)cc2C1. The molecule has 0 aliphatic carbocycles. The summed E-state index contributed by atoms with van der Waals surface area (Å²) in [6.07, 6.45) is 0. The number of methoxy groups -OCH3 is 1. The molecule has 0 radical (unpaired) electrons. The van der Waals surface area contributed by atoms with Gasteiger partial charge in [0.15, 0.2) is 0 Å². The van der Waals surface area contributed by atoms with Crippen LogP contribution in [0.3, 0.4) is 0 Å². The van der Waals surface area contributed by atoms with Crippen LogP contribution in [0.2, 0.25) is 0 Å². The molecule has 0 N–H and O–H groups in total. The highest BCUT2D eigenvalue weighted by Gasteiger charge is 2.21. The molecule has 0 fully saturated rings. The molecule has 3 rings (SSSR count). The van der Waals surface area contributed by atoms with E-state index in [4.69, 9.17) is 9.47 Å². The minimum atomic E-state index is -0.0608. The molecule has 0 atom stereocenters. The molecule has 0 spiro atoms. The number of benzene rings is 2. The number of hydrogen-bond donors (Lipinski definition) is 0. The highest BCUT2D eigenvalue weighted by atomic mass is 16.5. The Morgan fingerprint density at radius 1 is 1.18 bits per heavy atom. The molecule has 2 aromatic carbocycles. The van der Waals surface area contributed by atoms with Crippen LogP contribution in [0.15, 0.2) is 42.5 Å². The minimum Gasteiger partial charge on any atom is -0.491 e. The van der Waals surface area contributed by atoms with Gasteiger partial charge in [-0.3, -0.25) is 9.59 Å². The lowest BCUT2D eigenvalue weighted by molar-refractivity contribution is -0.135. The maximum atomic E-state index is 12.2. The van der Waals surface area contributed by atoms with E-state index in [2.05, 4.69) is 0 Å². The van der Waals surface area contributed by atoms with E-state index in [0.717, 1.165) is 28.1 Å². The van der Waals surface area contributed by atoms with Gasteiger partial charge < -0.3 is 19.3 Å². The number of carbonyl (C=O) groups is 2. The molecule has 6 nitrogen and oxygen atoms in total. The maximum absolute atomic E-state index is 12.2. The van der Waals surface area contributed by atoms with E-state index >= 15 is 0 Å². The number of anilines is 1. The zero-order valence-corrected chi connectivity index (χ0v) is 16.6. The first-order valence-electron chi connectivity index (χ1n) is 9.34. The molecule has 0 unspecified atom stereocenters. The Bertz CT molecular complexity index is 848. The van der Waals surface area contributed by atoms with E-state index in [9.17, 15) is 9.59 Å². The highest BCUT2D eigenvalue weighted by molar-refractivity contribution is 5.91. The summed E-state index contributed by atoms with van der Waals surface area (Å²) in [7, 11) is 1.51. The molecule has 2 amide bonds. The van der Waals surface area contributed by atoms with Crippen LogP contribution in [0.25, 0.3) is 0 Å². The fourth-order valence-electron chi connectivity index (χ4n) is 3.27. The van der Waals surface area contributed by atoms with Gasteiger partial charge in [0.2, 0.25) is 11.8 Å². The third kappa shape index (κ3) is 4.70. The summed E-state index contributed by atoms with van der Waals surface area (Å²) < 4.78 is 10.8. The van der Waals surface area contributed by atoms with Crippen molar-refractivity contribution in [2.45, 2.75) is 26.9 Å². The molecule has 28 heavy (non-hydrogen) atoms. The topological polar surface area (TPSA) is 59.1 Å². The normalized spacial score (nSPS) is 13.3. The molecular formula is C22H26N2O4. The van der Waals surface area contributed by atoms with Gasteiger partial charge in [0.05, 0.1) is 13.1 Å². The van der Waals surface area contributed by atoms with Gasteiger partial charge >= 0.3 is 0 Å². The first-order valence-corrected chi connectivity index (χ1v) is 9.34. The zero-order valence-electron chi connectivity index (χ0n) is 16.6. The molecule has 0 bridgehead atoms. The van der Waals surface area contributed by atoms with Crippen molar-refractivity contribution in [3.63, 3.8) is 0 Å². The number of fused-ring (bicyclic) bond motifs is 1. The van der Waals surface area contributed by atoms with Crippen LogP contribution in [0.4, 0.5) is 5.69 Å². The number of ether oxygens (including phenoxy) is 2. The number of amides is 2. The number of carbonyl (C=O) groups excluding carboxylic acids is 2. The predicted octanol–water partition coefficient (Wildman–Crippen LogP) is 2.92. The van der Waals surface area contributed by atoms with Crippen molar-refractivity contribution in [3.8, 4) is 5.75 Å². The van der Waals surface area contributed by atoms with E-state index in [1.54, 1.807) is 16.7 Å². The van der Waals surface area contributed by atoms with Crippen molar-refractivity contribution in [1.29, 1.82) is 0 Å². The van der Waals surface area contributed by atoms with Crippen molar-refractivity contribution in [2.24, 2.45) is 0 Å². The van der Waals surface area contributed by atoms with Crippen LogP contribution in [0.5, 0.6) is 5.75 Å². The lowest BCUT2D eigenvalue weighted by Gasteiger charge is -2.23. The van der Waals surface area contributed by atoms with E-state index < -0.39 is 0 Å². The smallest absolute Gasteiger partial charge is 0.248 e. The Morgan fingerprint density at radius 2 is 1.93 bits per heavy atom. The summed E-state index contributed by atoms with van der Waals surface area (Å²) in [4.78, 5) is 27.9. The third-order valence-electron chi connectivity index (χ3n) is 4.79. The predicted molar refractivity (Wildman–Crippen MR) is 107 cm³/mol. The van der Waals surface area contributed by atoms with Gasteiger partial charge in [0.1, 0.15) is 19.0 Å². The number of aryl methyl sites for hydroxylation is 1. The van der Waals surface area contributed by atoms with Gasteiger partial charge in [-0.15, -0.1) is 0 Å². The molecule has 0 saturated carbocycles. The molecule has 1 heterocycles. The summed E-state index contributed by atoms with van der Waals surface area (Å²) in [5.74, 6) is 0.697. The summed E-state index contributed by atoms with van der Waals surface area (Å²) in [6.45, 7) is 5.54. The average Bonchev–Trinajstić information content (AvgIpc) is 2.89. The minimum absolute atomic E-state index is 0.0213. The molecule has 1 aliphatic heterocycles. The second-order valence-corrected chi connectivity index (χ2v) is 6.98. The zero-order chi connectivity index (χ0) is 20.1. The van der Waals surface area contributed by atoms with Gasteiger partial charge in [0, 0.05) is 31.8 Å². The lowest BCUT2D eigenvalue weighted by Crippen LogP contribution is -2.35. The van der Waals surface area contributed by atoms with E-state index in [1.807, 2.05) is 49.4 Å². The van der Waals surface area contributed by atoms with Crippen LogP contribution < -0.4 is 9.64 Å². The quantitative estimate of drug-likeness (QED) is 0.798. The first kappa shape index (κ1) is 19.9. The van der Waals surface area contributed by atoms with Gasteiger partial charge in [0.25, 0.3) is 0 Å². The average molecular weight is 382 g/mol. The Kier molecular flexibility index (Phi) is 6.31. The van der Waals surface area contributed by atoms with Crippen LogP contribution in [-0.2, 0) is 27.4 Å². The molecule has 6 heteroatoms. The standard InChI is InChI=1S/C22H26N2O4/c1-16-4-7-20(8-5-16)24(17(2)25)13-18-6-9-21-19(12-18)14-23(10-11-28-21)22(26)15-27-3/h4-9,12H,10-11,13-15H2,1-3H3. The van der Waals surface area contributed by atoms with Crippen molar-refractivity contribution in [2.75, 3.05) is 31.8 Å². The summed E-state index contributed by atoms with van der Waals surface area (Å²) >= 11 is 0. The van der Waals surface area contributed by atoms with Crippen molar-refractivity contribution >= 4 is 17.5 Å². The van der Waals surface area contributed by atoms with Crippen LogP contribution in [0.1, 0.15) is 23.6 Å². The number of hydrogen-bond acceptors (Lipinski definition) is 4. The first-order chi connectivity index (χ1) is 13.5. The van der Waals surface area contributed by atoms with Crippen LogP contribution in [0, 0.1) is 6.92 Å². The summed E-state index contributed by atoms with van der Waals surface area (Å²) in [5.41, 5.74) is 3.93. The fraction of sp³-hybridized carbons (Fsp3) is 0.364. The lowest BCUT2D eigenvalue weighted by atomic mass is 10.1. The number of rotatable bonds is 5. The second kappa shape index (κ2) is 8.89. The van der Waals surface area contributed by atoms with Gasteiger partial charge in [-0.2, -0.15) is 0 Å². The molecule has 1 aliphatic rings. The Morgan fingerprint density at radius 3 is 2.61 bits per heavy atom. The van der Waals surface area contributed by atoms with E-state index in [0.29, 0.717) is 26.2 Å². The van der Waals surface area contributed by atoms with Gasteiger partial charge in [-0.1, -0.05) is 23.8 Å². The Hall–Kier alpha value is -2.86. The fourth-order valence-corrected chi connectivity index (χ4v) is 3.27. The Balaban J connectivity index is 1.82. The monoisotopic (exact) mass is 382 g/mol. The molecular weight excluding hydrogens is 356 g/mol. The van der Waals surface area contributed by atoms with Gasteiger partial charge in [-0.25, -0.2) is 0 Å². The van der Waals surface area contributed by atoms with Gasteiger partial charge in [-0.05, 0) is 36.8 Å². The van der Waals surface area contributed by atoms with Crippen molar-refractivity contribution < 1.29 is 19.1 Å². The molecule has 0 saturated heterocycles. The number of nitrogens with zero attached hydrogens (tertiary/aromatic N) is 2.